The summed E-state index contributed by atoms with van der Waals surface area (Å²) in [5, 5.41) is 25.0. The van der Waals surface area contributed by atoms with Gasteiger partial charge in [-0.25, -0.2) is 19.1 Å². The number of aliphatic hydroxyl groups is 1. The molecule has 2 aromatic carbocycles. The number of rotatable bonds is 8. The molecule has 0 saturated carbocycles. The standard InChI is InChI=1S/C22H18Cl2F5N7O2.CH2O2/c23-13-7-5-12(6-8-13)18-33-35(20(38)34(18)9-16(37)22(27,28)29)10-17-31-19(21(25,26)11-30)36(32-17)15-4-2-1-3-14(15)24;2-1-3/h1-8,16,37H,9-11,30H2;1H,(H,2,3)/t16-;/m0./s1. The fourth-order valence-corrected chi connectivity index (χ4v) is 3.81. The maximum atomic E-state index is 14.6. The van der Waals surface area contributed by atoms with Gasteiger partial charge >= 0.3 is 17.8 Å². The topological polar surface area (TPSA) is 154 Å². The molecule has 1 atom stereocenters. The second-order valence-corrected chi connectivity index (χ2v) is 9.01. The molecule has 0 saturated heterocycles. The molecule has 220 valence electrons. The number of para-hydroxylation sites is 1. The maximum Gasteiger partial charge on any atom is 0.416 e. The molecule has 0 aliphatic carbocycles. The highest BCUT2D eigenvalue weighted by molar-refractivity contribution is 6.32. The van der Waals surface area contributed by atoms with Crippen LogP contribution in [0.15, 0.2) is 53.3 Å². The van der Waals surface area contributed by atoms with E-state index in [0.717, 1.165) is 4.68 Å². The van der Waals surface area contributed by atoms with Crippen molar-refractivity contribution in [1.82, 2.24) is 29.1 Å². The van der Waals surface area contributed by atoms with Crippen LogP contribution in [0.5, 0.6) is 0 Å². The maximum absolute atomic E-state index is 14.6. The predicted molar refractivity (Wildman–Crippen MR) is 136 cm³/mol. The average molecular weight is 624 g/mol. The zero-order valence-electron chi connectivity index (χ0n) is 20.5. The van der Waals surface area contributed by atoms with E-state index in [1.165, 1.54) is 42.5 Å². The Morgan fingerprint density at radius 3 is 2.20 bits per heavy atom. The van der Waals surface area contributed by atoms with Crippen LogP contribution in [0.4, 0.5) is 22.0 Å². The number of carboxylic acid groups (broad SMARTS) is 1. The molecule has 11 nitrogen and oxygen atoms in total. The molecule has 0 unspecified atom stereocenters. The number of alkyl halides is 5. The summed E-state index contributed by atoms with van der Waals surface area (Å²) in [6, 6.07) is 11.6. The van der Waals surface area contributed by atoms with Crippen molar-refractivity contribution in [3.8, 4) is 17.1 Å². The fraction of sp³-hybridized carbons (Fsp3) is 0.261. The van der Waals surface area contributed by atoms with E-state index >= 15 is 0 Å². The van der Waals surface area contributed by atoms with Crippen molar-refractivity contribution < 1.29 is 37.0 Å². The van der Waals surface area contributed by atoms with Crippen molar-refractivity contribution in [3.05, 3.63) is 80.7 Å². The first-order valence-corrected chi connectivity index (χ1v) is 12.0. The normalized spacial score (nSPS) is 12.5. The van der Waals surface area contributed by atoms with Crippen LogP contribution in [0.3, 0.4) is 0 Å². The van der Waals surface area contributed by atoms with E-state index in [9.17, 15) is 31.9 Å². The van der Waals surface area contributed by atoms with Crippen LogP contribution in [-0.2, 0) is 23.8 Å². The summed E-state index contributed by atoms with van der Waals surface area (Å²) in [4.78, 5) is 25.3. The Kier molecular flexibility index (Phi) is 9.85. The van der Waals surface area contributed by atoms with Crippen LogP contribution in [0.2, 0.25) is 10.0 Å². The predicted octanol–water partition coefficient (Wildman–Crippen LogP) is 3.32. The van der Waals surface area contributed by atoms with Gasteiger partial charge in [0.25, 0.3) is 6.47 Å². The molecule has 2 heterocycles. The molecule has 0 bridgehead atoms. The Balaban J connectivity index is 0.00000147. The van der Waals surface area contributed by atoms with Gasteiger partial charge in [0.15, 0.2) is 17.8 Å². The zero-order chi connectivity index (χ0) is 30.5. The van der Waals surface area contributed by atoms with Crippen LogP contribution < -0.4 is 11.4 Å². The molecule has 0 aliphatic rings. The first-order valence-electron chi connectivity index (χ1n) is 11.3. The Morgan fingerprint density at radius 1 is 1.02 bits per heavy atom. The number of nitrogens with zero attached hydrogens (tertiary/aromatic N) is 6. The smallest absolute Gasteiger partial charge is 0.416 e. The summed E-state index contributed by atoms with van der Waals surface area (Å²) in [5.74, 6) is -5.05. The average Bonchev–Trinajstić information content (AvgIpc) is 3.47. The van der Waals surface area contributed by atoms with Crippen molar-refractivity contribution in [2.24, 2.45) is 5.73 Å². The number of aliphatic hydroxyl groups excluding tert-OH is 1. The highest BCUT2D eigenvalue weighted by Gasteiger charge is 2.40. The number of hydrogen-bond donors (Lipinski definition) is 3. The molecule has 41 heavy (non-hydrogen) atoms. The van der Waals surface area contributed by atoms with Gasteiger partial charge in [-0.1, -0.05) is 35.3 Å². The van der Waals surface area contributed by atoms with E-state index in [0.29, 0.717) is 14.3 Å². The van der Waals surface area contributed by atoms with Crippen molar-refractivity contribution in [2.45, 2.75) is 31.3 Å². The summed E-state index contributed by atoms with van der Waals surface area (Å²) in [6.45, 7) is -3.13. The van der Waals surface area contributed by atoms with Gasteiger partial charge in [-0.2, -0.15) is 22.0 Å². The number of aromatic nitrogens is 6. The minimum absolute atomic E-state index is 0.0593. The second kappa shape index (κ2) is 12.8. The lowest BCUT2D eigenvalue weighted by Crippen LogP contribution is -2.37. The summed E-state index contributed by atoms with van der Waals surface area (Å²) < 4.78 is 70.6. The first kappa shape index (κ1) is 31.7. The quantitative estimate of drug-likeness (QED) is 0.199. The molecule has 4 aromatic rings. The number of benzene rings is 2. The number of nitrogens with two attached hydrogens (primary N) is 1. The number of carbonyl (C=O) groups is 1. The lowest BCUT2D eigenvalue weighted by molar-refractivity contribution is -0.207. The number of halogens is 7. The highest BCUT2D eigenvalue weighted by atomic mass is 35.5. The molecule has 4 N–H and O–H groups in total. The molecule has 0 radical (unpaired) electrons. The third kappa shape index (κ3) is 7.27. The van der Waals surface area contributed by atoms with Crippen LogP contribution in [0.1, 0.15) is 11.6 Å². The second-order valence-electron chi connectivity index (χ2n) is 8.17. The monoisotopic (exact) mass is 623 g/mol. The van der Waals surface area contributed by atoms with Gasteiger partial charge in [0, 0.05) is 10.6 Å². The van der Waals surface area contributed by atoms with E-state index in [1.54, 1.807) is 6.07 Å². The van der Waals surface area contributed by atoms with E-state index in [-0.39, 0.29) is 34.4 Å². The fourth-order valence-electron chi connectivity index (χ4n) is 3.47. The van der Waals surface area contributed by atoms with Gasteiger partial charge in [0.05, 0.1) is 23.8 Å². The van der Waals surface area contributed by atoms with Gasteiger partial charge in [-0.05, 0) is 36.4 Å². The molecule has 0 fully saturated rings. The van der Waals surface area contributed by atoms with Gasteiger partial charge in [-0.3, -0.25) is 9.36 Å². The van der Waals surface area contributed by atoms with Crippen LogP contribution in [0, 0.1) is 0 Å². The molecule has 2 aromatic heterocycles. The minimum Gasteiger partial charge on any atom is -0.483 e. The van der Waals surface area contributed by atoms with E-state index in [2.05, 4.69) is 15.2 Å². The van der Waals surface area contributed by atoms with Crippen LogP contribution >= 0.6 is 23.2 Å². The Labute approximate surface area is 237 Å². The van der Waals surface area contributed by atoms with E-state index in [1.807, 2.05) is 0 Å². The summed E-state index contributed by atoms with van der Waals surface area (Å²) in [7, 11) is 0. The van der Waals surface area contributed by atoms with E-state index in [4.69, 9.17) is 38.8 Å². The van der Waals surface area contributed by atoms with Crippen molar-refractivity contribution >= 4 is 29.7 Å². The van der Waals surface area contributed by atoms with Crippen molar-refractivity contribution in [1.29, 1.82) is 0 Å². The molecule has 0 amide bonds. The van der Waals surface area contributed by atoms with Gasteiger partial charge in [-0.15, -0.1) is 10.2 Å². The summed E-state index contributed by atoms with van der Waals surface area (Å²) >= 11 is 12.0. The van der Waals surface area contributed by atoms with Crippen molar-refractivity contribution in [3.63, 3.8) is 0 Å². The van der Waals surface area contributed by atoms with Crippen LogP contribution in [-0.4, -0.2) is 64.6 Å². The third-order valence-corrected chi connectivity index (χ3v) is 5.94. The van der Waals surface area contributed by atoms with Gasteiger partial charge in [0.1, 0.15) is 6.54 Å². The largest absolute Gasteiger partial charge is 0.483 e. The molecular formula is C23H20Cl2F5N7O4. The lowest BCUT2D eigenvalue weighted by Gasteiger charge is -2.15. The molecule has 0 spiro atoms. The molecule has 4 rings (SSSR count). The number of hydrogen-bond acceptors (Lipinski definition) is 7. The zero-order valence-corrected chi connectivity index (χ0v) is 22.0. The SMILES string of the molecule is NCC(F)(F)c1nc(Cn2nc(-c3ccc(Cl)cc3)n(C[C@H](O)C(F)(F)F)c2=O)nn1-c1ccccc1Cl.O=CO. The van der Waals surface area contributed by atoms with Crippen LogP contribution in [0.25, 0.3) is 17.1 Å². The first-order chi connectivity index (χ1) is 19.2. The minimum atomic E-state index is -5.02. The Morgan fingerprint density at radius 2 is 1.63 bits per heavy atom. The molecule has 0 aliphatic heterocycles. The lowest BCUT2D eigenvalue weighted by atomic mass is 10.2. The Bertz CT molecular complexity index is 1560. The van der Waals surface area contributed by atoms with Gasteiger partial charge in [0.2, 0.25) is 5.82 Å². The molecule has 18 heteroatoms. The van der Waals surface area contributed by atoms with E-state index < -0.39 is 49.4 Å². The summed E-state index contributed by atoms with van der Waals surface area (Å²) in [5.41, 5.74) is 4.43. The molecular weight excluding hydrogens is 604 g/mol. The highest BCUT2D eigenvalue weighted by Crippen LogP contribution is 2.30. The third-order valence-electron chi connectivity index (χ3n) is 5.36. The summed E-state index contributed by atoms with van der Waals surface area (Å²) in [6.07, 6.45) is -7.90. The van der Waals surface area contributed by atoms with Crippen molar-refractivity contribution in [2.75, 3.05) is 6.54 Å². The van der Waals surface area contributed by atoms with Gasteiger partial charge < -0.3 is 15.9 Å². The Hall–Kier alpha value is -3.86.